The molecule has 0 saturated carbocycles. The number of aryl methyl sites for hydroxylation is 1. The SMILES string of the molecule is CCCCOc1nc(N)c([N+](=O)[O-])c(N(CC(=O)OCC)Cc2ccc3c(c2)CCN(C(=O)OC(C)(C)C)C3)n1.CCCCOc1nc(N)c([N+](=O)[O-])c(OS(=O)(=O)c2ccc(C)cc2)n1.CCOC(=O)CNCc1ccc2c(c1)CCN(C(=O)OC(C)(C)C)C2.[2H][3H]. The second kappa shape index (κ2) is 33.6. The number of nitrogens with two attached hydrogens (primary N) is 2. The Morgan fingerprint density at radius 1 is 0.692 bits per heavy atom. The Kier molecular flexibility index (Phi) is 26.2. The number of anilines is 3. The molecule has 5 N–H and O–H groups in total. The molecular formula is C61H86N12O17S. The van der Waals surface area contributed by atoms with Crippen molar-refractivity contribution in [2.45, 2.75) is 157 Å². The topological polar surface area (TPSA) is 379 Å². The summed E-state index contributed by atoms with van der Waals surface area (Å²) in [4.78, 5) is 90.5. The number of carbonyl (C=O) groups is 4. The van der Waals surface area contributed by atoms with Crippen molar-refractivity contribution >= 4 is 63.1 Å². The van der Waals surface area contributed by atoms with Gasteiger partial charge in [0, 0.05) is 42.2 Å². The van der Waals surface area contributed by atoms with E-state index in [2.05, 4.69) is 31.3 Å². The molecular weight excluding hydrogens is 1200 g/mol. The van der Waals surface area contributed by atoms with Crippen LogP contribution in [0.5, 0.6) is 17.9 Å². The van der Waals surface area contributed by atoms with Crippen LogP contribution in [0.3, 0.4) is 0 Å². The summed E-state index contributed by atoms with van der Waals surface area (Å²) in [6.07, 6.45) is 3.93. The predicted molar refractivity (Wildman–Crippen MR) is 338 cm³/mol. The van der Waals surface area contributed by atoms with Crippen LogP contribution in [0, 0.1) is 27.2 Å². The number of rotatable bonds is 24. The summed E-state index contributed by atoms with van der Waals surface area (Å²) in [5.41, 5.74) is 16.2. The van der Waals surface area contributed by atoms with Gasteiger partial charge in [-0.1, -0.05) is 80.8 Å². The normalized spacial score (nSPS) is 12.8. The Balaban J connectivity index is 0.000000305. The molecule has 5 aromatic rings. The lowest BCUT2D eigenvalue weighted by atomic mass is 9.97. The van der Waals surface area contributed by atoms with Gasteiger partial charge in [-0.05, 0) is 134 Å². The smallest absolute Gasteiger partial charge is 0.410 e. The molecule has 4 heterocycles. The van der Waals surface area contributed by atoms with Crippen LogP contribution in [0.1, 0.15) is 137 Å². The molecule has 2 aliphatic heterocycles. The Morgan fingerprint density at radius 3 is 1.67 bits per heavy atom. The third-order valence-electron chi connectivity index (χ3n) is 13.1. The van der Waals surface area contributed by atoms with Crippen LogP contribution in [0.2, 0.25) is 0 Å². The van der Waals surface area contributed by atoms with Gasteiger partial charge in [0.05, 0.1) is 42.8 Å². The number of carbonyl (C=O) groups excluding carboxylic acids is 4. The van der Waals surface area contributed by atoms with Gasteiger partial charge in [-0.25, -0.2) is 9.59 Å². The van der Waals surface area contributed by atoms with Crippen molar-refractivity contribution in [2.24, 2.45) is 0 Å². The molecule has 0 atom stereocenters. The number of hydrogen-bond acceptors (Lipinski definition) is 25. The maximum Gasteiger partial charge on any atom is 0.410 e. The number of esters is 2. The Labute approximate surface area is 532 Å². The van der Waals surface area contributed by atoms with Gasteiger partial charge < -0.3 is 64.1 Å². The number of unbranched alkanes of at least 4 members (excludes halogenated alkanes) is 2. The van der Waals surface area contributed by atoms with Gasteiger partial charge in [0.15, 0.2) is 0 Å². The third kappa shape index (κ3) is 23.0. The molecule has 30 heteroatoms. The monoisotopic (exact) mass is 1290 g/mol. The van der Waals surface area contributed by atoms with E-state index in [1.54, 1.807) is 42.7 Å². The number of nitrogens with zero attached hydrogens (tertiary/aromatic N) is 9. The predicted octanol–water partition coefficient (Wildman–Crippen LogP) is 9.11. The fourth-order valence-electron chi connectivity index (χ4n) is 8.79. The molecule has 0 saturated heterocycles. The molecule has 0 unspecified atom stereocenters. The van der Waals surface area contributed by atoms with Crippen LogP contribution in [-0.2, 0) is 77.7 Å². The van der Waals surface area contributed by atoms with Gasteiger partial charge in [-0.3, -0.25) is 29.8 Å². The summed E-state index contributed by atoms with van der Waals surface area (Å²) < 4.78 is 71.4. The maximum atomic E-state index is 12.5. The molecule has 3 aromatic carbocycles. The van der Waals surface area contributed by atoms with Crippen molar-refractivity contribution in [1.29, 1.82) is 0 Å². The van der Waals surface area contributed by atoms with Crippen molar-refractivity contribution in [3.05, 3.63) is 120 Å². The number of nitro groups is 2. The van der Waals surface area contributed by atoms with E-state index in [1.807, 2.05) is 85.7 Å². The van der Waals surface area contributed by atoms with Crippen molar-refractivity contribution in [2.75, 3.05) is 69.0 Å². The van der Waals surface area contributed by atoms with Crippen LogP contribution in [0.25, 0.3) is 0 Å². The molecule has 0 aliphatic carbocycles. The minimum Gasteiger partial charge on any atom is -0.465 e. The number of aromatic nitrogens is 4. The molecule has 29 nitrogen and oxygen atoms in total. The van der Waals surface area contributed by atoms with Crippen molar-refractivity contribution in [1.82, 2.24) is 35.1 Å². The van der Waals surface area contributed by atoms with Crippen molar-refractivity contribution in [3.63, 3.8) is 0 Å². The molecule has 0 spiro atoms. The number of amides is 2. The van der Waals surface area contributed by atoms with Crippen molar-refractivity contribution < 1.29 is 73.0 Å². The quantitative estimate of drug-likeness (QED) is 0.0129. The summed E-state index contributed by atoms with van der Waals surface area (Å²) >= 11 is 0. The first-order chi connectivity index (χ1) is 43.9. The number of benzene rings is 3. The fourth-order valence-corrected chi connectivity index (χ4v) is 9.68. The minimum absolute atomic E-state index is 0.104. The Morgan fingerprint density at radius 2 is 1.18 bits per heavy atom. The summed E-state index contributed by atoms with van der Waals surface area (Å²) in [5, 5.41) is 26.3. The minimum atomic E-state index is -4.35. The average Bonchev–Trinajstić information content (AvgIpc) is 0.829. The van der Waals surface area contributed by atoms with Crippen LogP contribution in [0.4, 0.5) is 38.4 Å². The number of nitrogen functional groups attached to an aromatic ring is 2. The first-order valence-electron chi connectivity index (χ1n) is 30.8. The van der Waals surface area contributed by atoms with E-state index in [0.717, 1.165) is 59.1 Å². The van der Waals surface area contributed by atoms with Gasteiger partial charge >= 0.3 is 63.5 Å². The molecule has 91 heavy (non-hydrogen) atoms. The largest absolute Gasteiger partial charge is 0.465 e. The standard InChI is InChI=1S/C27H38N6O7.C19H28N2O4.C15H18N4O6S.H2/c1-6-8-13-39-25-29-23(28)22(33(36)37)24(30-25)32(17-21(34)38-7-2)15-18-9-10-20-16-31(12-11-19(20)14-18)26(35)40-27(3,4)5;1-5-24-17(22)12-20-11-14-6-7-16-13-21(9-8-15(16)10-14)18(23)25-19(2,3)4;1-3-4-9-24-15-17-13(16)12(19(20)21)14(18-15)25-26(22,23)11-7-5-10(2)6-8-11;/h9-10,14H,6-8,11-13,15-17H2,1-5H3,(H2,28,29,30);6-7,10,20H,5,8-9,11-13H2,1-4H3;5-8H,3-4,9H2,1-2H3,(H2,16,17,18);1H/i;;;1+2D. The highest BCUT2D eigenvalue weighted by molar-refractivity contribution is 7.87. The van der Waals surface area contributed by atoms with E-state index in [-0.39, 0.29) is 79.6 Å². The Hall–Kier alpha value is -9.19. The molecule has 0 radical (unpaired) electrons. The van der Waals surface area contributed by atoms with Crippen LogP contribution in [-0.4, -0.2) is 136 Å². The zero-order chi connectivity index (χ0) is 69.2. The average molecular weight is 1290 g/mol. The summed E-state index contributed by atoms with van der Waals surface area (Å²) in [7, 11) is -4.35. The van der Waals surface area contributed by atoms with Gasteiger partial charge in [-0.2, -0.15) is 28.4 Å². The lowest BCUT2D eigenvalue weighted by molar-refractivity contribution is -0.385. The molecule has 0 bridgehead atoms. The fraction of sp³-hybridized carbons (Fsp3) is 0.508. The maximum absolute atomic E-state index is 12.5. The third-order valence-corrected chi connectivity index (χ3v) is 14.4. The highest BCUT2D eigenvalue weighted by atomic mass is 32.2. The zero-order valence-electron chi connectivity index (χ0n) is 55.5. The highest BCUT2D eigenvalue weighted by Gasteiger charge is 2.33. The molecule has 2 aliphatic rings. The van der Waals surface area contributed by atoms with E-state index in [4.69, 9.17) is 47.0 Å². The number of ether oxygens (including phenoxy) is 6. The van der Waals surface area contributed by atoms with Crippen molar-refractivity contribution in [3.8, 4) is 17.9 Å². The molecule has 2 aromatic heterocycles. The van der Waals surface area contributed by atoms with E-state index in [1.165, 1.54) is 22.6 Å². The first-order valence-corrected chi connectivity index (χ1v) is 31.2. The lowest BCUT2D eigenvalue weighted by Gasteiger charge is -2.31. The lowest BCUT2D eigenvalue weighted by Crippen LogP contribution is -2.40. The summed E-state index contributed by atoms with van der Waals surface area (Å²) in [5.74, 6) is -2.66. The van der Waals surface area contributed by atoms with E-state index in [0.29, 0.717) is 58.8 Å². The molecule has 0 fully saturated rings. The number of fused-ring (bicyclic) bond motifs is 2. The Bertz CT molecular complexity index is 3470. The van der Waals surface area contributed by atoms with Gasteiger partial charge in [0.2, 0.25) is 17.5 Å². The molecule has 7 rings (SSSR count). The summed E-state index contributed by atoms with van der Waals surface area (Å²) in [6.45, 7) is 24.1. The highest BCUT2D eigenvalue weighted by Crippen LogP contribution is 2.36. The van der Waals surface area contributed by atoms with Gasteiger partial charge in [-0.15, -0.1) is 0 Å². The van der Waals surface area contributed by atoms with Gasteiger partial charge in [0.1, 0.15) is 22.6 Å². The first kappa shape index (κ1) is 70.9. The summed E-state index contributed by atoms with van der Waals surface area (Å²) in [6, 6.07) is 17.3. The van der Waals surface area contributed by atoms with Crippen LogP contribution >= 0.6 is 0 Å². The van der Waals surface area contributed by atoms with E-state index < -0.39 is 60.2 Å². The van der Waals surface area contributed by atoms with Crippen LogP contribution in [0.15, 0.2) is 65.6 Å². The van der Waals surface area contributed by atoms with E-state index >= 15 is 0 Å². The van der Waals surface area contributed by atoms with Crippen LogP contribution < -0.4 is 35.3 Å². The number of nitrogens with one attached hydrogen (secondary N) is 1. The molecule has 2 amide bonds. The second-order valence-electron chi connectivity index (χ2n) is 23.0. The van der Waals surface area contributed by atoms with Gasteiger partial charge in [0.25, 0.3) is 0 Å². The number of hydrogen-bond donors (Lipinski definition) is 3. The second-order valence-corrected chi connectivity index (χ2v) is 24.5. The molecule has 498 valence electrons. The van der Waals surface area contributed by atoms with E-state index in [9.17, 15) is 47.8 Å². The zero-order valence-corrected chi connectivity index (χ0v) is 54.3.